The molecule has 1 atom stereocenters. The average Bonchev–Trinajstić information content (AvgIpc) is 1.57. The van der Waals surface area contributed by atoms with Crippen molar-refractivity contribution < 1.29 is 4.79 Å². The molecular weight excluding hydrogens is 112 g/mol. The first kappa shape index (κ1) is 5.45. The van der Waals surface area contributed by atoms with Crippen LogP contribution in [0.5, 0.6) is 0 Å². The summed E-state index contributed by atoms with van der Waals surface area (Å²) in [6.45, 7) is 2.21. The minimum Gasteiger partial charge on any atom is -0.299 e. The van der Waals surface area contributed by atoms with Gasteiger partial charge in [0, 0.05) is 12.3 Å². The number of ketones is 1. The summed E-state index contributed by atoms with van der Waals surface area (Å²) >= 11 is 0. The first-order chi connectivity index (χ1) is 4.27. The van der Waals surface area contributed by atoms with Crippen molar-refractivity contribution in [1.29, 1.82) is 0 Å². The maximum Gasteiger partial charge on any atom is 0.136 e. The standard InChI is InChI=1S/C8H12O/c1-5-2-8(9)7-3-6(5)4-7/h5-7H,2-4H2,1H3/t5-,6?,7?/m1/s1. The zero-order chi connectivity index (χ0) is 6.43. The third kappa shape index (κ3) is 0.637. The maximum absolute atomic E-state index is 11.0. The molecule has 0 aliphatic heterocycles. The van der Waals surface area contributed by atoms with Crippen molar-refractivity contribution in [3.63, 3.8) is 0 Å². The highest BCUT2D eigenvalue weighted by Gasteiger charge is 2.42. The fourth-order valence-electron chi connectivity index (χ4n) is 2.04. The molecule has 50 valence electrons. The van der Waals surface area contributed by atoms with Gasteiger partial charge in [0.25, 0.3) is 0 Å². The number of rotatable bonds is 0. The van der Waals surface area contributed by atoms with Crippen molar-refractivity contribution in [1.82, 2.24) is 0 Å². The Bertz CT molecular complexity index is 145. The summed E-state index contributed by atoms with van der Waals surface area (Å²) in [6, 6.07) is 0. The van der Waals surface area contributed by atoms with E-state index in [9.17, 15) is 4.79 Å². The number of hydrogen-bond acceptors (Lipinski definition) is 1. The maximum atomic E-state index is 11.0. The van der Waals surface area contributed by atoms with Gasteiger partial charge in [0.2, 0.25) is 0 Å². The zero-order valence-electron chi connectivity index (χ0n) is 5.76. The Labute approximate surface area is 55.4 Å². The lowest BCUT2D eigenvalue weighted by atomic mass is 9.60. The van der Waals surface area contributed by atoms with Crippen LogP contribution in [0.1, 0.15) is 26.2 Å². The average molecular weight is 124 g/mol. The van der Waals surface area contributed by atoms with Crippen molar-refractivity contribution in [2.75, 3.05) is 0 Å². The Morgan fingerprint density at radius 1 is 1.44 bits per heavy atom. The fraction of sp³-hybridized carbons (Fsp3) is 0.875. The molecule has 0 aromatic carbocycles. The molecule has 0 heterocycles. The fourth-order valence-corrected chi connectivity index (χ4v) is 2.04. The first-order valence-electron chi connectivity index (χ1n) is 3.80. The van der Waals surface area contributed by atoms with E-state index < -0.39 is 0 Å². The summed E-state index contributed by atoms with van der Waals surface area (Å²) in [5.41, 5.74) is 0. The van der Waals surface area contributed by atoms with Crippen LogP contribution >= 0.6 is 0 Å². The monoisotopic (exact) mass is 124 g/mol. The van der Waals surface area contributed by atoms with Crippen LogP contribution in [0.15, 0.2) is 0 Å². The van der Waals surface area contributed by atoms with Gasteiger partial charge < -0.3 is 0 Å². The number of Topliss-reactive ketones (excluding diaryl/α,β-unsaturated/α-hetero) is 1. The molecule has 9 heavy (non-hydrogen) atoms. The van der Waals surface area contributed by atoms with Gasteiger partial charge in [-0.15, -0.1) is 0 Å². The van der Waals surface area contributed by atoms with Crippen LogP contribution in [0, 0.1) is 17.8 Å². The quantitative estimate of drug-likeness (QED) is 0.479. The van der Waals surface area contributed by atoms with Crippen LogP contribution in [0.2, 0.25) is 0 Å². The van der Waals surface area contributed by atoms with Gasteiger partial charge in [-0.25, -0.2) is 0 Å². The van der Waals surface area contributed by atoms with Crippen molar-refractivity contribution in [2.45, 2.75) is 26.2 Å². The Balaban J connectivity index is 2.12. The molecule has 1 heteroatoms. The van der Waals surface area contributed by atoms with Gasteiger partial charge in [0.1, 0.15) is 5.78 Å². The summed E-state index contributed by atoms with van der Waals surface area (Å²) in [5, 5.41) is 0. The molecule has 0 aromatic heterocycles. The summed E-state index contributed by atoms with van der Waals surface area (Å²) in [4.78, 5) is 11.0. The van der Waals surface area contributed by atoms with Crippen molar-refractivity contribution in [2.24, 2.45) is 17.8 Å². The van der Waals surface area contributed by atoms with Gasteiger partial charge in [-0.3, -0.25) is 4.79 Å². The molecule has 0 unspecified atom stereocenters. The minimum atomic E-state index is 0.492. The van der Waals surface area contributed by atoms with Crippen LogP contribution in [0.3, 0.4) is 0 Å². The molecule has 2 bridgehead atoms. The van der Waals surface area contributed by atoms with E-state index in [0.29, 0.717) is 17.6 Å². The number of fused-ring (bicyclic) bond motifs is 2. The molecule has 0 amide bonds. The van der Waals surface area contributed by atoms with E-state index >= 15 is 0 Å². The van der Waals surface area contributed by atoms with Gasteiger partial charge in [-0.2, -0.15) is 0 Å². The molecule has 0 spiro atoms. The predicted molar refractivity (Wildman–Crippen MR) is 35.0 cm³/mol. The second kappa shape index (κ2) is 1.59. The Morgan fingerprint density at radius 3 is 2.44 bits per heavy atom. The Kier molecular flexibility index (Phi) is 0.961. The van der Waals surface area contributed by atoms with Gasteiger partial charge in [0.05, 0.1) is 0 Å². The van der Waals surface area contributed by atoms with E-state index in [0.717, 1.165) is 12.3 Å². The molecule has 3 saturated carbocycles. The van der Waals surface area contributed by atoms with Crippen LogP contribution in [0.25, 0.3) is 0 Å². The molecule has 1 nitrogen and oxygen atoms in total. The van der Waals surface area contributed by atoms with Crippen LogP contribution in [0.4, 0.5) is 0 Å². The lowest BCUT2D eigenvalue weighted by Gasteiger charge is -2.44. The van der Waals surface area contributed by atoms with E-state index in [1.807, 2.05) is 0 Å². The lowest BCUT2D eigenvalue weighted by Crippen LogP contribution is -2.41. The van der Waals surface area contributed by atoms with Gasteiger partial charge in [-0.1, -0.05) is 6.92 Å². The molecule has 0 aromatic rings. The van der Waals surface area contributed by atoms with Gasteiger partial charge in [-0.05, 0) is 24.7 Å². The Hall–Kier alpha value is -0.330. The smallest absolute Gasteiger partial charge is 0.136 e. The molecule has 0 saturated heterocycles. The van der Waals surface area contributed by atoms with Crippen molar-refractivity contribution >= 4 is 5.78 Å². The minimum absolute atomic E-state index is 0.492. The molecular formula is C8H12O. The highest BCUT2D eigenvalue weighted by Crippen LogP contribution is 2.46. The summed E-state index contributed by atoms with van der Waals surface area (Å²) in [5.74, 6) is 2.63. The molecule has 3 aliphatic rings. The first-order valence-corrected chi connectivity index (χ1v) is 3.80. The van der Waals surface area contributed by atoms with Crippen molar-refractivity contribution in [3.8, 4) is 0 Å². The molecule has 3 fully saturated rings. The van der Waals surface area contributed by atoms with Crippen LogP contribution in [-0.4, -0.2) is 5.78 Å². The highest BCUT2D eigenvalue weighted by molar-refractivity contribution is 5.83. The van der Waals surface area contributed by atoms with Gasteiger partial charge >= 0.3 is 0 Å². The second-order valence-electron chi connectivity index (χ2n) is 3.58. The zero-order valence-corrected chi connectivity index (χ0v) is 5.76. The predicted octanol–water partition coefficient (Wildman–Crippen LogP) is 1.62. The van der Waals surface area contributed by atoms with E-state index in [1.54, 1.807) is 0 Å². The Morgan fingerprint density at radius 2 is 2.11 bits per heavy atom. The summed E-state index contributed by atoms with van der Waals surface area (Å²) < 4.78 is 0. The number of carbonyl (C=O) groups is 1. The van der Waals surface area contributed by atoms with E-state index in [2.05, 4.69) is 6.92 Å². The van der Waals surface area contributed by atoms with Crippen LogP contribution < -0.4 is 0 Å². The lowest BCUT2D eigenvalue weighted by molar-refractivity contribution is -0.134. The third-order valence-electron chi connectivity index (χ3n) is 2.96. The number of carbonyl (C=O) groups excluding carboxylic acids is 1. The van der Waals surface area contributed by atoms with E-state index in [1.165, 1.54) is 12.8 Å². The molecule has 0 radical (unpaired) electrons. The van der Waals surface area contributed by atoms with E-state index in [4.69, 9.17) is 0 Å². The largest absolute Gasteiger partial charge is 0.299 e. The van der Waals surface area contributed by atoms with Crippen molar-refractivity contribution in [3.05, 3.63) is 0 Å². The topological polar surface area (TPSA) is 17.1 Å². The third-order valence-corrected chi connectivity index (χ3v) is 2.96. The van der Waals surface area contributed by atoms with E-state index in [-0.39, 0.29) is 0 Å². The second-order valence-corrected chi connectivity index (χ2v) is 3.58. The normalized spacial score (nSPS) is 48.6. The number of hydrogen-bond donors (Lipinski definition) is 0. The van der Waals surface area contributed by atoms with Crippen LogP contribution in [-0.2, 0) is 4.79 Å². The highest BCUT2D eigenvalue weighted by atomic mass is 16.1. The summed E-state index contributed by atoms with van der Waals surface area (Å²) in [7, 11) is 0. The SMILES string of the molecule is C[C@@H]1CC(=O)C2CC1C2. The molecule has 3 aliphatic carbocycles. The summed E-state index contributed by atoms with van der Waals surface area (Å²) in [6.07, 6.45) is 3.29. The molecule has 3 rings (SSSR count). The molecule has 0 N–H and O–H groups in total. The van der Waals surface area contributed by atoms with Gasteiger partial charge in [0.15, 0.2) is 0 Å².